The van der Waals surface area contributed by atoms with Gasteiger partial charge in [0.15, 0.2) is 34.7 Å². The molecule has 0 saturated heterocycles. The second-order valence-corrected chi connectivity index (χ2v) is 12.4. The molecule has 5 N–H and O–H groups in total. The summed E-state index contributed by atoms with van der Waals surface area (Å²) in [5.74, 6) is -14.0. The molecule has 6 rings (SSSR count). The van der Waals surface area contributed by atoms with Gasteiger partial charge in [0.05, 0.1) is 29.8 Å². The number of nitrogens with two attached hydrogens (primary N) is 1. The molecule has 13 heteroatoms. The number of amides is 2. The van der Waals surface area contributed by atoms with Gasteiger partial charge in [-0.2, -0.15) is 0 Å². The molecule has 2 aromatic rings. The largest absolute Gasteiger partial charge is 0.505 e. The number of hydrogen-bond donors (Lipinski definition) is 4. The highest BCUT2D eigenvalue weighted by Gasteiger charge is 2.69. The van der Waals surface area contributed by atoms with Crippen LogP contribution in [0, 0.1) is 29.5 Å². The van der Waals surface area contributed by atoms with Crippen LogP contribution in [0.25, 0.3) is 0 Å². The Morgan fingerprint density at radius 1 is 1.11 bits per heavy atom. The number of carbonyl (C=O) groups excluding carboxylic acids is 6. The number of benzene rings is 2. The van der Waals surface area contributed by atoms with Gasteiger partial charge in [0, 0.05) is 30.6 Å². The SMILES string of the molecule is CN(C)[C@@H]1C(=O)C(C(N)=O)C(=O)[C@@]2(O)C(=O)C3C(=O)c4c(O)c(NC(=O)CN5Cc6ccccc6C5)cc(F)c4C[C@H]3C[C@@H]12. The Morgan fingerprint density at radius 2 is 1.75 bits per heavy atom. The summed E-state index contributed by atoms with van der Waals surface area (Å²) in [4.78, 5) is 82.5. The van der Waals surface area contributed by atoms with Crippen LogP contribution in [0.4, 0.5) is 10.1 Å². The Labute approximate surface area is 251 Å². The van der Waals surface area contributed by atoms with Crippen molar-refractivity contribution in [3.63, 3.8) is 0 Å². The van der Waals surface area contributed by atoms with Crippen molar-refractivity contribution < 1.29 is 43.4 Å². The zero-order chi connectivity index (χ0) is 31.8. The van der Waals surface area contributed by atoms with Gasteiger partial charge in [-0.05, 0) is 44.0 Å². The number of hydrogen-bond acceptors (Lipinski definition) is 10. The number of halogens is 1. The molecule has 2 saturated carbocycles. The van der Waals surface area contributed by atoms with Crippen molar-refractivity contribution in [3.05, 3.63) is 58.4 Å². The lowest BCUT2D eigenvalue weighted by molar-refractivity contribution is -0.181. The first-order valence-corrected chi connectivity index (χ1v) is 14.2. The predicted octanol–water partition coefficient (Wildman–Crippen LogP) is -0.0396. The van der Waals surface area contributed by atoms with Gasteiger partial charge in [0.2, 0.25) is 11.8 Å². The molecule has 0 radical (unpaired) electrons. The smallest absolute Gasteiger partial charge is 0.238 e. The van der Waals surface area contributed by atoms with E-state index in [0.29, 0.717) is 13.1 Å². The number of aromatic hydroxyl groups is 1. The molecule has 0 aromatic heterocycles. The van der Waals surface area contributed by atoms with Gasteiger partial charge in [-0.25, -0.2) is 4.39 Å². The van der Waals surface area contributed by atoms with Gasteiger partial charge in [-0.1, -0.05) is 24.3 Å². The summed E-state index contributed by atoms with van der Waals surface area (Å²) in [6.07, 6.45) is -0.410. The molecule has 1 heterocycles. The molecule has 2 unspecified atom stereocenters. The number of phenols is 1. The second-order valence-electron chi connectivity index (χ2n) is 12.4. The molecule has 44 heavy (non-hydrogen) atoms. The predicted molar refractivity (Wildman–Crippen MR) is 151 cm³/mol. The minimum Gasteiger partial charge on any atom is -0.505 e. The molecular formula is C31H31FN4O8. The van der Waals surface area contributed by atoms with Gasteiger partial charge in [0.25, 0.3) is 0 Å². The number of phenolic OH excluding ortho intramolecular Hbond substituents is 1. The lowest BCUT2D eigenvalue weighted by Gasteiger charge is -2.52. The Kier molecular flexibility index (Phi) is 7.02. The fraction of sp³-hybridized carbons (Fsp3) is 0.419. The van der Waals surface area contributed by atoms with Crippen molar-refractivity contribution in [1.29, 1.82) is 0 Å². The standard InChI is InChI=1S/C31H31FN4O8/c1-35(2)24-17-8-15-7-16-18(32)9-19(34-20(37)12-36-10-13-5-3-4-6-14(13)11-36)25(38)22(16)26(39)21(15)28(41)31(17,44)29(42)23(27(24)40)30(33)43/h3-6,9,15,17,21,23-24,38,44H,7-8,10-12H2,1-2H3,(H2,33,43)(H,34,37)/t15-,17-,21?,23?,24-,31-/m0/s1. The van der Waals surface area contributed by atoms with Crippen LogP contribution >= 0.6 is 0 Å². The third-order valence-corrected chi connectivity index (χ3v) is 9.55. The van der Waals surface area contributed by atoms with Crippen molar-refractivity contribution in [1.82, 2.24) is 9.80 Å². The quantitative estimate of drug-likeness (QED) is 0.266. The maximum atomic E-state index is 15.5. The number of fused-ring (bicyclic) bond motifs is 4. The molecule has 2 fully saturated rings. The molecule has 1 aliphatic heterocycles. The highest BCUT2D eigenvalue weighted by Crippen LogP contribution is 2.51. The lowest BCUT2D eigenvalue weighted by Crippen LogP contribution is -2.74. The molecule has 230 valence electrons. The molecule has 4 aliphatic rings. The summed E-state index contributed by atoms with van der Waals surface area (Å²) < 4.78 is 15.5. The number of anilines is 1. The van der Waals surface area contributed by atoms with Crippen molar-refractivity contribution in [2.75, 3.05) is 26.0 Å². The van der Waals surface area contributed by atoms with E-state index in [9.17, 15) is 39.0 Å². The number of carbonyl (C=O) groups is 6. The Hall–Kier alpha value is -4.33. The average Bonchev–Trinajstić information content (AvgIpc) is 3.35. The molecule has 0 bridgehead atoms. The van der Waals surface area contributed by atoms with Crippen LogP contribution in [-0.2, 0) is 43.5 Å². The highest BCUT2D eigenvalue weighted by atomic mass is 19.1. The molecule has 2 aromatic carbocycles. The molecule has 2 amide bonds. The molecular weight excluding hydrogens is 575 g/mol. The summed E-state index contributed by atoms with van der Waals surface area (Å²) in [6.45, 7) is 0.974. The van der Waals surface area contributed by atoms with E-state index < -0.39 is 87.4 Å². The zero-order valence-electron chi connectivity index (χ0n) is 24.0. The van der Waals surface area contributed by atoms with Crippen molar-refractivity contribution in [3.8, 4) is 5.75 Å². The summed E-state index contributed by atoms with van der Waals surface area (Å²) >= 11 is 0. The number of aliphatic hydroxyl groups is 1. The normalized spacial score (nSPS) is 29.6. The highest BCUT2D eigenvalue weighted by molar-refractivity contribution is 6.32. The summed E-state index contributed by atoms with van der Waals surface area (Å²) in [7, 11) is 2.95. The van der Waals surface area contributed by atoms with Crippen LogP contribution in [0.1, 0.15) is 33.5 Å². The number of nitrogens with one attached hydrogen (secondary N) is 1. The Morgan fingerprint density at radius 3 is 2.34 bits per heavy atom. The summed E-state index contributed by atoms with van der Waals surface area (Å²) in [5, 5.41) is 25.2. The second kappa shape index (κ2) is 10.4. The van der Waals surface area contributed by atoms with Gasteiger partial charge in [-0.3, -0.25) is 38.6 Å². The van der Waals surface area contributed by atoms with Crippen LogP contribution in [0.3, 0.4) is 0 Å². The number of ketones is 4. The van der Waals surface area contributed by atoms with Gasteiger partial charge < -0.3 is 21.3 Å². The zero-order valence-corrected chi connectivity index (χ0v) is 24.0. The number of primary amides is 1. The Bertz CT molecular complexity index is 1650. The van der Waals surface area contributed by atoms with Gasteiger partial charge in [-0.15, -0.1) is 0 Å². The monoisotopic (exact) mass is 606 g/mol. The van der Waals surface area contributed by atoms with Crippen molar-refractivity contribution in [2.45, 2.75) is 37.6 Å². The van der Waals surface area contributed by atoms with Crippen molar-refractivity contribution >= 4 is 40.6 Å². The fourth-order valence-electron chi connectivity index (χ4n) is 7.63. The number of Topliss-reactive ketones (excluding diaryl/α,β-unsaturated/α-hetero) is 4. The Balaban J connectivity index is 1.31. The fourth-order valence-corrected chi connectivity index (χ4v) is 7.63. The van der Waals surface area contributed by atoms with E-state index in [2.05, 4.69) is 5.32 Å². The van der Waals surface area contributed by atoms with E-state index in [1.165, 1.54) is 19.0 Å². The van der Waals surface area contributed by atoms with E-state index in [-0.39, 0.29) is 30.6 Å². The lowest BCUT2D eigenvalue weighted by atomic mass is 9.52. The maximum Gasteiger partial charge on any atom is 0.238 e. The van der Waals surface area contributed by atoms with Crippen LogP contribution in [0.2, 0.25) is 0 Å². The summed E-state index contributed by atoms with van der Waals surface area (Å²) in [5.41, 5.74) is 3.52. The molecule has 3 aliphatic carbocycles. The minimum atomic E-state index is -2.88. The van der Waals surface area contributed by atoms with Crippen LogP contribution in [0.15, 0.2) is 30.3 Å². The van der Waals surface area contributed by atoms with Crippen molar-refractivity contribution in [2.24, 2.45) is 29.4 Å². The van der Waals surface area contributed by atoms with Crippen LogP contribution < -0.4 is 11.1 Å². The van der Waals surface area contributed by atoms with E-state index in [1.54, 1.807) is 0 Å². The van der Waals surface area contributed by atoms with Gasteiger partial charge in [0.1, 0.15) is 11.6 Å². The first kappa shape index (κ1) is 29.7. The van der Waals surface area contributed by atoms with E-state index >= 15 is 4.39 Å². The minimum absolute atomic E-state index is 0.0761. The third kappa shape index (κ3) is 4.29. The van der Waals surface area contributed by atoms with Gasteiger partial charge >= 0.3 is 0 Å². The number of likely N-dealkylation sites (N-methyl/N-ethyl adjacent to an activating group) is 1. The number of nitrogens with zero attached hydrogens (tertiary/aromatic N) is 2. The first-order valence-electron chi connectivity index (χ1n) is 14.2. The molecule has 6 atom stereocenters. The van der Waals surface area contributed by atoms with E-state index in [4.69, 9.17) is 5.73 Å². The average molecular weight is 607 g/mol. The number of rotatable bonds is 5. The van der Waals surface area contributed by atoms with Crippen LogP contribution in [0.5, 0.6) is 5.75 Å². The topological polar surface area (TPSA) is 187 Å². The van der Waals surface area contributed by atoms with E-state index in [1.807, 2.05) is 29.2 Å². The molecule has 0 spiro atoms. The molecule has 12 nitrogen and oxygen atoms in total. The van der Waals surface area contributed by atoms with E-state index in [0.717, 1.165) is 17.2 Å². The first-order chi connectivity index (χ1) is 20.7. The van der Waals surface area contributed by atoms with Crippen LogP contribution in [-0.4, -0.2) is 87.2 Å². The summed E-state index contributed by atoms with van der Waals surface area (Å²) in [6, 6.07) is 7.36. The maximum absolute atomic E-state index is 15.5. The third-order valence-electron chi connectivity index (χ3n) is 9.55.